The second-order valence-corrected chi connectivity index (χ2v) is 3.93. The molecule has 2 N–H and O–H groups in total. The number of hydrogen-bond donors (Lipinski definition) is 1. The highest BCUT2D eigenvalue weighted by Gasteiger charge is 2.24. The molecule has 2 rings (SSSR count). The van der Waals surface area contributed by atoms with Crippen LogP contribution < -0.4 is 10.5 Å². The van der Waals surface area contributed by atoms with E-state index in [0.717, 1.165) is 0 Å². The average Bonchev–Trinajstić information content (AvgIpc) is 2.70. The summed E-state index contributed by atoms with van der Waals surface area (Å²) in [5.41, 5.74) is 5.65. The van der Waals surface area contributed by atoms with Gasteiger partial charge in [0.15, 0.2) is 11.6 Å². The lowest BCUT2D eigenvalue weighted by Gasteiger charge is -2.08. The van der Waals surface area contributed by atoms with Gasteiger partial charge in [-0.2, -0.15) is 0 Å². The van der Waals surface area contributed by atoms with Crippen molar-refractivity contribution in [3.63, 3.8) is 0 Å². The van der Waals surface area contributed by atoms with Gasteiger partial charge in [-0.05, 0) is 13.0 Å². The number of hydrogen-bond acceptors (Lipinski definition) is 6. The number of anilines is 1. The smallest absolute Gasteiger partial charge is 0.311 e. The molecule has 1 aromatic carbocycles. The molecular formula is C11H10ClN3O4. The number of nitrogens with zero attached hydrogens (tertiary/aromatic N) is 2. The molecule has 0 atom stereocenters. The Kier molecular flexibility index (Phi) is 3.57. The third-order valence-electron chi connectivity index (χ3n) is 2.38. The summed E-state index contributed by atoms with van der Waals surface area (Å²) in [6.07, 6.45) is 0. The van der Waals surface area contributed by atoms with Crippen molar-refractivity contribution in [1.82, 2.24) is 5.16 Å². The first-order valence-electron chi connectivity index (χ1n) is 5.37. The van der Waals surface area contributed by atoms with Crippen LogP contribution in [0.4, 0.5) is 11.5 Å². The molecule has 0 bridgehead atoms. The molecule has 0 saturated heterocycles. The second kappa shape index (κ2) is 5.15. The van der Waals surface area contributed by atoms with Crippen LogP contribution in [-0.2, 0) is 0 Å². The van der Waals surface area contributed by atoms with Crippen LogP contribution in [0.2, 0.25) is 5.02 Å². The molecule has 1 aromatic heterocycles. The topological polar surface area (TPSA) is 104 Å². The van der Waals surface area contributed by atoms with Crippen molar-refractivity contribution in [3.8, 4) is 17.1 Å². The molecule has 0 spiro atoms. The largest absolute Gasteiger partial charge is 0.487 e. The zero-order valence-corrected chi connectivity index (χ0v) is 10.7. The lowest BCUT2D eigenvalue weighted by Crippen LogP contribution is -1.99. The Morgan fingerprint density at radius 2 is 2.32 bits per heavy atom. The predicted octanol–water partition coefficient (Wildman–Crippen LogP) is 2.88. The molecule has 100 valence electrons. The first-order valence-corrected chi connectivity index (χ1v) is 5.75. The van der Waals surface area contributed by atoms with Crippen LogP contribution in [-0.4, -0.2) is 16.7 Å². The van der Waals surface area contributed by atoms with Crippen molar-refractivity contribution >= 4 is 23.1 Å². The van der Waals surface area contributed by atoms with Crippen molar-refractivity contribution in [3.05, 3.63) is 33.3 Å². The summed E-state index contributed by atoms with van der Waals surface area (Å²) in [4.78, 5) is 10.5. The van der Waals surface area contributed by atoms with Crippen LogP contribution in [0.15, 0.2) is 22.7 Å². The second-order valence-electron chi connectivity index (χ2n) is 3.55. The van der Waals surface area contributed by atoms with E-state index in [2.05, 4.69) is 5.16 Å². The highest BCUT2D eigenvalue weighted by Crippen LogP contribution is 2.42. The first-order chi connectivity index (χ1) is 9.06. The van der Waals surface area contributed by atoms with E-state index in [4.69, 9.17) is 26.6 Å². The van der Waals surface area contributed by atoms with E-state index < -0.39 is 4.92 Å². The maximum absolute atomic E-state index is 11.0. The zero-order chi connectivity index (χ0) is 14.0. The number of nitro benzene ring substituents is 1. The quantitative estimate of drug-likeness (QED) is 0.683. The number of halogens is 1. The number of benzene rings is 1. The summed E-state index contributed by atoms with van der Waals surface area (Å²) in [7, 11) is 0. The Hall–Kier alpha value is -2.28. The van der Waals surface area contributed by atoms with Gasteiger partial charge in [0, 0.05) is 6.07 Å². The SMILES string of the molecule is CCOc1c(-c2onc(N)c2Cl)cccc1[N+](=O)[O-]. The number of rotatable bonds is 4. The van der Waals surface area contributed by atoms with Crippen LogP contribution in [0.3, 0.4) is 0 Å². The van der Waals surface area contributed by atoms with E-state index >= 15 is 0 Å². The fraction of sp³-hybridized carbons (Fsp3) is 0.182. The van der Waals surface area contributed by atoms with Crippen molar-refractivity contribution in [2.24, 2.45) is 0 Å². The lowest BCUT2D eigenvalue weighted by atomic mass is 10.1. The van der Waals surface area contributed by atoms with Crippen molar-refractivity contribution in [2.75, 3.05) is 12.3 Å². The Balaban J connectivity index is 2.66. The average molecular weight is 284 g/mol. The van der Waals surface area contributed by atoms with Gasteiger partial charge >= 0.3 is 5.69 Å². The zero-order valence-electron chi connectivity index (χ0n) is 9.92. The van der Waals surface area contributed by atoms with Gasteiger partial charge in [0.05, 0.1) is 17.1 Å². The summed E-state index contributed by atoms with van der Waals surface area (Å²) in [6, 6.07) is 4.43. The van der Waals surface area contributed by atoms with E-state index in [9.17, 15) is 10.1 Å². The Morgan fingerprint density at radius 3 is 2.84 bits per heavy atom. The maximum atomic E-state index is 11.0. The van der Waals surface area contributed by atoms with Gasteiger partial charge in [0.2, 0.25) is 5.75 Å². The predicted molar refractivity (Wildman–Crippen MR) is 69.2 cm³/mol. The maximum Gasteiger partial charge on any atom is 0.311 e. The Labute approximate surface area is 113 Å². The molecule has 0 unspecified atom stereocenters. The molecular weight excluding hydrogens is 274 g/mol. The molecule has 2 aromatic rings. The number of ether oxygens (including phenoxy) is 1. The molecule has 19 heavy (non-hydrogen) atoms. The van der Waals surface area contributed by atoms with Crippen LogP contribution in [0, 0.1) is 10.1 Å². The number of aromatic nitrogens is 1. The summed E-state index contributed by atoms with van der Waals surface area (Å²) < 4.78 is 10.3. The van der Waals surface area contributed by atoms with E-state index in [0.29, 0.717) is 5.56 Å². The van der Waals surface area contributed by atoms with Crippen LogP contribution >= 0.6 is 11.6 Å². The minimum atomic E-state index is -0.540. The fourth-order valence-corrected chi connectivity index (χ4v) is 1.77. The summed E-state index contributed by atoms with van der Waals surface area (Å²) in [5.74, 6) is 0.241. The fourth-order valence-electron chi connectivity index (χ4n) is 1.60. The molecule has 0 aliphatic heterocycles. The van der Waals surface area contributed by atoms with Gasteiger partial charge in [-0.3, -0.25) is 10.1 Å². The summed E-state index contributed by atoms with van der Waals surface area (Å²) >= 11 is 5.94. The van der Waals surface area contributed by atoms with Gasteiger partial charge < -0.3 is 15.0 Å². The van der Waals surface area contributed by atoms with E-state index in [1.807, 2.05) is 0 Å². The summed E-state index contributed by atoms with van der Waals surface area (Å²) in [6.45, 7) is 1.98. The highest BCUT2D eigenvalue weighted by atomic mass is 35.5. The van der Waals surface area contributed by atoms with Crippen LogP contribution in [0.1, 0.15) is 6.92 Å². The molecule has 0 saturated carbocycles. The molecule has 0 amide bonds. The number of para-hydroxylation sites is 1. The minimum absolute atomic E-state index is 0.0191. The number of nitro groups is 1. The monoisotopic (exact) mass is 283 g/mol. The van der Waals surface area contributed by atoms with Crippen molar-refractivity contribution < 1.29 is 14.2 Å². The molecule has 1 heterocycles. The van der Waals surface area contributed by atoms with E-state index in [1.165, 1.54) is 12.1 Å². The van der Waals surface area contributed by atoms with Gasteiger partial charge in [-0.1, -0.05) is 22.8 Å². The Morgan fingerprint density at radius 1 is 1.58 bits per heavy atom. The van der Waals surface area contributed by atoms with Crippen LogP contribution in [0.5, 0.6) is 5.75 Å². The molecule has 0 aliphatic carbocycles. The van der Waals surface area contributed by atoms with Gasteiger partial charge in [0.1, 0.15) is 5.02 Å². The lowest BCUT2D eigenvalue weighted by molar-refractivity contribution is -0.385. The number of nitrogens with two attached hydrogens (primary N) is 1. The number of nitrogen functional groups attached to an aromatic ring is 1. The van der Waals surface area contributed by atoms with Gasteiger partial charge in [-0.15, -0.1) is 0 Å². The third kappa shape index (κ3) is 2.32. The molecule has 8 heteroatoms. The Bertz CT molecular complexity index is 626. The normalized spacial score (nSPS) is 10.4. The van der Waals surface area contributed by atoms with E-state index in [-0.39, 0.29) is 34.6 Å². The van der Waals surface area contributed by atoms with Gasteiger partial charge in [0.25, 0.3) is 0 Å². The minimum Gasteiger partial charge on any atom is -0.487 e. The van der Waals surface area contributed by atoms with Crippen molar-refractivity contribution in [2.45, 2.75) is 6.92 Å². The third-order valence-corrected chi connectivity index (χ3v) is 2.75. The van der Waals surface area contributed by atoms with Gasteiger partial charge in [-0.25, -0.2) is 0 Å². The van der Waals surface area contributed by atoms with Crippen LogP contribution in [0.25, 0.3) is 11.3 Å². The molecule has 7 nitrogen and oxygen atoms in total. The first kappa shape index (κ1) is 13.2. The van der Waals surface area contributed by atoms with E-state index in [1.54, 1.807) is 13.0 Å². The summed E-state index contributed by atoms with van der Waals surface area (Å²) in [5, 5.41) is 14.6. The van der Waals surface area contributed by atoms with Crippen molar-refractivity contribution in [1.29, 1.82) is 0 Å². The molecule has 0 aliphatic rings. The standard InChI is InChI=1S/C11H10ClN3O4/c1-2-18-9-6(4-3-5-7(9)15(16)17)10-8(12)11(13)14-19-10/h3-5H,2H2,1H3,(H2,13,14). The molecule has 0 radical (unpaired) electrons. The highest BCUT2D eigenvalue weighted by molar-refractivity contribution is 6.35. The molecule has 0 fully saturated rings.